The third-order valence-electron chi connectivity index (χ3n) is 4.96. The van der Waals surface area contributed by atoms with Gasteiger partial charge in [-0.05, 0) is 37.0 Å². The lowest BCUT2D eigenvalue weighted by Crippen LogP contribution is -2.40. The third kappa shape index (κ3) is 4.34. The van der Waals surface area contributed by atoms with Gasteiger partial charge in [0, 0.05) is 51.9 Å². The summed E-state index contributed by atoms with van der Waals surface area (Å²) in [4.78, 5) is 17.1. The van der Waals surface area contributed by atoms with Crippen LogP contribution in [0.15, 0.2) is 24.3 Å². The van der Waals surface area contributed by atoms with E-state index in [-0.39, 0.29) is 5.92 Å². The van der Waals surface area contributed by atoms with E-state index < -0.39 is 0 Å². The van der Waals surface area contributed by atoms with Gasteiger partial charge in [-0.2, -0.15) is 5.26 Å². The fourth-order valence-corrected chi connectivity index (χ4v) is 3.50. The highest BCUT2D eigenvalue weighted by Crippen LogP contribution is 2.19. The number of amides is 1. The molecule has 0 aromatic heterocycles. The standard InChI is InChI=1S/C19H25N3O2/c20-14-16-2-4-17(5-3-16)15-21-8-1-9-22(11-10-21)19(23)18-6-12-24-13-7-18/h2-5,18H,1,6-13,15H2. The highest BCUT2D eigenvalue weighted by Gasteiger charge is 2.27. The van der Waals surface area contributed by atoms with Gasteiger partial charge in [0.2, 0.25) is 5.91 Å². The summed E-state index contributed by atoms with van der Waals surface area (Å²) >= 11 is 0. The Morgan fingerprint density at radius 3 is 2.58 bits per heavy atom. The summed E-state index contributed by atoms with van der Waals surface area (Å²) in [5, 5.41) is 8.87. The van der Waals surface area contributed by atoms with Crippen LogP contribution < -0.4 is 0 Å². The van der Waals surface area contributed by atoms with Crippen molar-refractivity contribution in [3.8, 4) is 6.07 Å². The number of nitriles is 1. The van der Waals surface area contributed by atoms with E-state index in [0.29, 0.717) is 11.5 Å². The van der Waals surface area contributed by atoms with Gasteiger partial charge in [-0.3, -0.25) is 9.69 Å². The van der Waals surface area contributed by atoms with Crippen molar-refractivity contribution in [1.29, 1.82) is 5.26 Å². The smallest absolute Gasteiger partial charge is 0.225 e. The van der Waals surface area contributed by atoms with Crippen LogP contribution in [0.5, 0.6) is 0 Å². The predicted molar refractivity (Wildman–Crippen MR) is 91.2 cm³/mol. The minimum atomic E-state index is 0.156. The lowest BCUT2D eigenvalue weighted by atomic mass is 9.98. The van der Waals surface area contributed by atoms with E-state index in [4.69, 9.17) is 10.00 Å². The zero-order valence-corrected chi connectivity index (χ0v) is 14.1. The number of carbonyl (C=O) groups excluding carboxylic acids is 1. The molecule has 1 aromatic rings. The lowest BCUT2D eigenvalue weighted by molar-refractivity contribution is -0.138. The number of nitrogens with zero attached hydrogens (tertiary/aromatic N) is 3. The first-order valence-electron chi connectivity index (χ1n) is 8.84. The summed E-state index contributed by atoms with van der Waals surface area (Å²) < 4.78 is 5.36. The predicted octanol–water partition coefficient (Wildman–Crippen LogP) is 2.02. The van der Waals surface area contributed by atoms with Crippen LogP contribution in [-0.4, -0.2) is 55.1 Å². The van der Waals surface area contributed by atoms with Crippen molar-refractivity contribution in [3.05, 3.63) is 35.4 Å². The maximum absolute atomic E-state index is 12.7. The van der Waals surface area contributed by atoms with Crippen molar-refractivity contribution >= 4 is 5.91 Å². The molecular weight excluding hydrogens is 302 g/mol. The normalized spacial score (nSPS) is 20.4. The Labute approximate surface area is 143 Å². The van der Waals surface area contributed by atoms with E-state index >= 15 is 0 Å². The summed E-state index contributed by atoms with van der Waals surface area (Å²) in [6.07, 6.45) is 2.75. The van der Waals surface area contributed by atoms with Gasteiger partial charge in [0.05, 0.1) is 11.6 Å². The van der Waals surface area contributed by atoms with Gasteiger partial charge in [0.15, 0.2) is 0 Å². The molecule has 0 aliphatic carbocycles. The summed E-state index contributed by atoms with van der Waals surface area (Å²) in [5.74, 6) is 0.474. The van der Waals surface area contributed by atoms with Crippen LogP contribution in [0.25, 0.3) is 0 Å². The minimum Gasteiger partial charge on any atom is -0.381 e. The molecule has 3 rings (SSSR count). The zero-order valence-electron chi connectivity index (χ0n) is 14.1. The van der Waals surface area contributed by atoms with Gasteiger partial charge in [-0.25, -0.2) is 0 Å². The maximum Gasteiger partial charge on any atom is 0.225 e. The van der Waals surface area contributed by atoms with E-state index in [2.05, 4.69) is 15.9 Å². The summed E-state index contributed by atoms with van der Waals surface area (Å²) in [6.45, 7) is 5.91. The lowest BCUT2D eigenvalue weighted by Gasteiger charge is -2.28. The van der Waals surface area contributed by atoms with Crippen LogP contribution in [0.2, 0.25) is 0 Å². The molecule has 0 radical (unpaired) electrons. The second-order valence-corrected chi connectivity index (χ2v) is 6.65. The molecule has 5 nitrogen and oxygen atoms in total. The van der Waals surface area contributed by atoms with Crippen molar-refractivity contribution in [2.24, 2.45) is 5.92 Å². The third-order valence-corrected chi connectivity index (χ3v) is 4.96. The van der Waals surface area contributed by atoms with E-state index in [1.54, 1.807) is 0 Å². The number of hydrogen-bond donors (Lipinski definition) is 0. The Morgan fingerprint density at radius 2 is 1.88 bits per heavy atom. The molecule has 0 N–H and O–H groups in total. The summed E-state index contributed by atoms with van der Waals surface area (Å²) in [6, 6.07) is 9.93. The van der Waals surface area contributed by atoms with Crippen LogP contribution in [0.3, 0.4) is 0 Å². The molecular formula is C19H25N3O2. The fraction of sp³-hybridized carbons (Fsp3) is 0.579. The molecule has 0 atom stereocenters. The molecule has 128 valence electrons. The molecule has 2 heterocycles. The van der Waals surface area contributed by atoms with E-state index in [1.807, 2.05) is 24.3 Å². The van der Waals surface area contributed by atoms with Crippen molar-refractivity contribution in [2.45, 2.75) is 25.8 Å². The Bertz CT molecular complexity index is 588. The first kappa shape index (κ1) is 16.9. The Morgan fingerprint density at radius 1 is 1.12 bits per heavy atom. The Balaban J connectivity index is 1.52. The van der Waals surface area contributed by atoms with Crippen LogP contribution in [0.1, 0.15) is 30.4 Å². The van der Waals surface area contributed by atoms with Crippen LogP contribution in [-0.2, 0) is 16.1 Å². The molecule has 2 fully saturated rings. The van der Waals surface area contributed by atoms with Crippen molar-refractivity contribution < 1.29 is 9.53 Å². The molecule has 2 aliphatic rings. The minimum absolute atomic E-state index is 0.156. The largest absolute Gasteiger partial charge is 0.381 e. The van der Waals surface area contributed by atoms with Gasteiger partial charge >= 0.3 is 0 Å². The molecule has 0 saturated carbocycles. The molecule has 0 spiro atoms. The molecule has 0 unspecified atom stereocenters. The van der Waals surface area contributed by atoms with Crippen LogP contribution in [0, 0.1) is 17.2 Å². The average Bonchev–Trinajstić information content (AvgIpc) is 2.88. The van der Waals surface area contributed by atoms with Crippen LogP contribution >= 0.6 is 0 Å². The summed E-state index contributed by atoms with van der Waals surface area (Å²) in [5.41, 5.74) is 1.92. The van der Waals surface area contributed by atoms with Crippen molar-refractivity contribution in [2.75, 3.05) is 39.4 Å². The second-order valence-electron chi connectivity index (χ2n) is 6.65. The average molecular weight is 327 g/mol. The first-order chi connectivity index (χ1) is 11.8. The number of carbonyl (C=O) groups is 1. The van der Waals surface area contributed by atoms with Gasteiger partial charge in [-0.15, -0.1) is 0 Å². The molecule has 1 amide bonds. The topological polar surface area (TPSA) is 56.6 Å². The second kappa shape index (κ2) is 8.27. The number of benzene rings is 1. The molecule has 1 aromatic carbocycles. The summed E-state index contributed by atoms with van der Waals surface area (Å²) in [7, 11) is 0. The highest BCUT2D eigenvalue weighted by molar-refractivity contribution is 5.79. The van der Waals surface area contributed by atoms with Gasteiger partial charge in [0.1, 0.15) is 0 Å². The molecule has 0 bridgehead atoms. The van der Waals surface area contributed by atoms with Crippen LogP contribution in [0.4, 0.5) is 0 Å². The Hall–Kier alpha value is -1.90. The number of rotatable bonds is 3. The van der Waals surface area contributed by atoms with Gasteiger partial charge in [0.25, 0.3) is 0 Å². The Kier molecular flexibility index (Phi) is 5.84. The molecule has 2 aliphatic heterocycles. The van der Waals surface area contributed by atoms with Crippen molar-refractivity contribution in [1.82, 2.24) is 9.80 Å². The number of ether oxygens (including phenoxy) is 1. The van der Waals surface area contributed by atoms with E-state index in [9.17, 15) is 4.79 Å². The highest BCUT2D eigenvalue weighted by atomic mass is 16.5. The number of hydrogen-bond acceptors (Lipinski definition) is 4. The van der Waals surface area contributed by atoms with Gasteiger partial charge < -0.3 is 9.64 Å². The zero-order chi connectivity index (χ0) is 16.8. The van der Waals surface area contributed by atoms with Gasteiger partial charge in [-0.1, -0.05) is 12.1 Å². The van der Waals surface area contributed by atoms with E-state index in [1.165, 1.54) is 5.56 Å². The fourth-order valence-electron chi connectivity index (χ4n) is 3.50. The molecule has 24 heavy (non-hydrogen) atoms. The molecule has 5 heteroatoms. The van der Waals surface area contributed by atoms with Crippen molar-refractivity contribution in [3.63, 3.8) is 0 Å². The SMILES string of the molecule is N#Cc1ccc(CN2CCCN(C(=O)C3CCOCC3)CC2)cc1. The quantitative estimate of drug-likeness (QED) is 0.852. The maximum atomic E-state index is 12.7. The van der Waals surface area contributed by atoms with E-state index in [0.717, 1.165) is 65.2 Å². The molecule has 2 saturated heterocycles. The monoisotopic (exact) mass is 327 g/mol. The first-order valence-corrected chi connectivity index (χ1v) is 8.84.